The van der Waals surface area contributed by atoms with E-state index in [1.54, 1.807) is 24.3 Å². The number of aromatic hydroxyl groups is 1. The van der Waals surface area contributed by atoms with Crippen LogP contribution in [0, 0.1) is 0 Å². The van der Waals surface area contributed by atoms with Gasteiger partial charge in [0.2, 0.25) is 0 Å². The van der Waals surface area contributed by atoms with Gasteiger partial charge in [0.05, 0.1) is 32.4 Å². The van der Waals surface area contributed by atoms with E-state index in [0.29, 0.717) is 16.9 Å². The molecule has 1 heterocycles. The number of ether oxygens (including phenoxy) is 2. The number of β-amino-alcohol motifs (C(OH)–C–C–N with tert-alkyl or cyclic N) is 1. The number of hydrogen-bond acceptors (Lipinski definition) is 7. The largest absolute Gasteiger partial charge is 0.507 e. The van der Waals surface area contributed by atoms with Crippen molar-refractivity contribution in [3.8, 4) is 17.2 Å². The highest BCUT2D eigenvalue weighted by Gasteiger charge is 2.46. The number of Topliss-reactive ketones (excluding diaryl/α,β-unsaturated/α-hetero) is 1. The fourth-order valence-corrected chi connectivity index (χ4v) is 3.33. The summed E-state index contributed by atoms with van der Waals surface area (Å²) in [5.41, 5.74) is 0.673. The molecule has 8 nitrogen and oxygen atoms in total. The van der Waals surface area contributed by atoms with Gasteiger partial charge in [-0.3, -0.25) is 9.59 Å². The lowest BCUT2D eigenvalue weighted by Gasteiger charge is -2.25. The van der Waals surface area contributed by atoms with Gasteiger partial charge in [-0.05, 0) is 42.0 Å². The number of hydrogen-bond donors (Lipinski definition) is 3. The molecular formula is C21H21NO7. The molecule has 3 N–H and O–H groups in total. The van der Waals surface area contributed by atoms with Crippen LogP contribution in [0.1, 0.15) is 17.2 Å². The van der Waals surface area contributed by atoms with Crippen molar-refractivity contribution in [2.45, 2.75) is 6.04 Å². The van der Waals surface area contributed by atoms with Crippen molar-refractivity contribution in [3.63, 3.8) is 0 Å². The summed E-state index contributed by atoms with van der Waals surface area (Å²) in [6.07, 6.45) is 0. The van der Waals surface area contributed by atoms with Gasteiger partial charge in [-0.2, -0.15) is 0 Å². The van der Waals surface area contributed by atoms with E-state index in [2.05, 4.69) is 0 Å². The maximum atomic E-state index is 12.7. The van der Waals surface area contributed by atoms with Gasteiger partial charge in [0.1, 0.15) is 11.5 Å². The zero-order chi connectivity index (χ0) is 21.1. The SMILES string of the molecule is COc1ccc(/C(O)=C2\C(=O)C(=O)N(CCO)[C@H]2c2ccc(O)c(OC)c2)cc1. The monoisotopic (exact) mass is 399 g/mol. The van der Waals surface area contributed by atoms with E-state index in [9.17, 15) is 24.9 Å². The Morgan fingerprint density at radius 3 is 2.34 bits per heavy atom. The average Bonchev–Trinajstić information content (AvgIpc) is 2.99. The van der Waals surface area contributed by atoms with Gasteiger partial charge in [0.25, 0.3) is 11.7 Å². The molecule has 1 aliphatic rings. The number of aliphatic hydroxyl groups is 2. The first-order chi connectivity index (χ1) is 13.9. The summed E-state index contributed by atoms with van der Waals surface area (Å²) >= 11 is 0. The summed E-state index contributed by atoms with van der Waals surface area (Å²) in [6, 6.07) is 9.83. The Bertz CT molecular complexity index is 965. The number of phenols is 1. The highest BCUT2D eigenvalue weighted by Crippen LogP contribution is 2.41. The van der Waals surface area contributed by atoms with Crippen molar-refractivity contribution in [3.05, 3.63) is 59.2 Å². The standard InChI is InChI=1S/C21H21NO7/c1-28-14-6-3-12(4-7-14)19(25)17-18(22(9-10-23)21(27)20(17)26)13-5-8-15(24)16(11-13)29-2/h3-8,11,18,23-25H,9-10H2,1-2H3/b19-17+/t18-/m0/s1. The van der Waals surface area contributed by atoms with Gasteiger partial charge in [0, 0.05) is 12.1 Å². The number of nitrogens with zero attached hydrogens (tertiary/aromatic N) is 1. The molecule has 152 valence electrons. The van der Waals surface area contributed by atoms with Crippen molar-refractivity contribution in [1.82, 2.24) is 4.90 Å². The molecule has 1 amide bonds. The third kappa shape index (κ3) is 3.62. The van der Waals surface area contributed by atoms with Crippen LogP contribution in [-0.2, 0) is 9.59 Å². The lowest BCUT2D eigenvalue weighted by atomic mass is 9.95. The highest BCUT2D eigenvalue weighted by atomic mass is 16.5. The minimum absolute atomic E-state index is 0.0994. The predicted molar refractivity (Wildman–Crippen MR) is 104 cm³/mol. The van der Waals surface area contributed by atoms with Gasteiger partial charge in [-0.1, -0.05) is 6.07 Å². The molecule has 2 aromatic carbocycles. The quantitative estimate of drug-likeness (QED) is 0.385. The Labute approximate surface area is 167 Å². The van der Waals surface area contributed by atoms with Crippen LogP contribution in [0.25, 0.3) is 5.76 Å². The van der Waals surface area contributed by atoms with Gasteiger partial charge in [-0.25, -0.2) is 0 Å². The molecule has 0 aromatic heterocycles. The first-order valence-electron chi connectivity index (χ1n) is 8.83. The van der Waals surface area contributed by atoms with Crippen molar-refractivity contribution in [2.24, 2.45) is 0 Å². The zero-order valence-corrected chi connectivity index (χ0v) is 16.0. The normalized spacial score (nSPS) is 18.2. The van der Waals surface area contributed by atoms with Gasteiger partial charge < -0.3 is 29.7 Å². The van der Waals surface area contributed by atoms with Crippen molar-refractivity contribution in [1.29, 1.82) is 0 Å². The van der Waals surface area contributed by atoms with E-state index < -0.39 is 17.7 Å². The molecule has 1 saturated heterocycles. The third-order valence-corrected chi connectivity index (χ3v) is 4.76. The molecule has 1 fully saturated rings. The molecule has 1 aliphatic heterocycles. The van der Waals surface area contributed by atoms with Crippen LogP contribution in [0.2, 0.25) is 0 Å². The number of ketones is 1. The van der Waals surface area contributed by atoms with Crippen LogP contribution in [0.15, 0.2) is 48.0 Å². The molecular weight excluding hydrogens is 378 g/mol. The van der Waals surface area contributed by atoms with E-state index >= 15 is 0 Å². The molecule has 0 spiro atoms. The second-order valence-corrected chi connectivity index (χ2v) is 6.38. The van der Waals surface area contributed by atoms with Crippen LogP contribution in [0.3, 0.4) is 0 Å². The number of carbonyl (C=O) groups is 2. The van der Waals surface area contributed by atoms with E-state index in [-0.39, 0.29) is 36.0 Å². The molecule has 0 radical (unpaired) electrons. The minimum Gasteiger partial charge on any atom is -0.507 e. The minimum atomic E-state index is -0.946. The van der Waals surface area contributed by atoms with E-state index in [4.69, 9.17) is 9.47 Å². The number of carbonyl (C=O) groups excluding carboxylic acids is 2. The van der Waals surface area contributed by atoms with E-state index in [1.165, 1.54) is 37.3 Å². The molecule has 0 aliphatic carbocycles. The number of rotatable bonds is 6. The van der Waals surface area contributed by atoms with Crippen LogP contribution in [0.4, 0.5) is 0 Å². The molecule has 0 bridgehead atoms. The number of methoxy groups -OCH3 is 2. The topological polar surface area (TPSA) is 117 Å². The van der Waals surface area contributed by atoms with Gasteiger partial charge >= 0.3 is 0 Å². The van der Waals surface area contributed by atoms with Gasteiger partial charge in [0.15, 0.2) is 11.5 Å². The summed E-state index contributed by atoms with van der Waals surface area (Å²) in [7, 11) is 2.88. The number of aliphatic hydroxyl groups excluding tert-OH is 2. The predicted octanol–water partition coefficient (Wildman–Crippen LogP) is 1.82. The van der Waals surface area contributed by atoms with Crippen LogP contribution >= 0.6 is 0 Å². The third-order valence-electron chi connectivity index (χ3n) is 4.76. The molecule has 1 atom stereocenters. The Kier molecular flexibility index (Phi) is 5.74. The van der Waals surface area contributed by atoms with Crippen LogP contribution in [-0.4, -0.2) is 59.3 Å². The van der Waals surface area contributed by atoms with Crippen LogP contribution in [0.5, 0.6) is 17.2 Å². The first kappa shape index (κ1) is 20.2. The first-order valence-corrected chi connectivity index (χ1v) is 8.83. The highest BCUT2D eigenvalue weighted by molar-refractivity contribution is 6.46. The number of likely N-dealkylation sites (tertiary alicyclic amines) is 1. The molecule has 2 aromatic rings. The van der Waals surface area contributed by atoms with Crippen molar-refractivity contribution < 1.29 is 34.4 Å². The molecule has 3 rings (SSSR count). The summed E-state index contributed by atoms with van der Waals surface area (Å²) in [6.45, 7) is -0.459. The van der Waals surface area contributed by atoms with E-state index in [1.807, 2.05) is 0 Å². The maximum absolute atomic E-state index is 12.7. The molecule has 8 heteroatoms. The molecule has 0 saturated carbocycles. The Balaban J connectivity index is 2.18. The second-order valence-electron chi connectivity index (χ2n) is 6.38. The Hall–Kier alpha value is -3.52. The summed E-state index contributed by atoms with van der Waals surface area (Å²) in [4.78, 5) is 26.5. The Morgan fingerprint density at radius 1 is 1.07 bits per heavy atom. The van der Waals surface area contributed by atoms with Crippen molar-refractivity contribution in [2.75, 3.05) is 27.4 Å². The summed E-state index contributed by atoms with van der Waals surface area (Å²) in [5, 5.41) is 30.1. The lowest BCUT2D eigenvalue weighted by Crippen LogP contribution is -2.32. The molecule has 0 unspecified atom stereocenters. The maximum Gasteiger partial charge on any atom is 0.295 e. The van der Waals surface area contributed by atoms with Crippen molar-refractivity contribution >= 4 is 17.4 Å². The fourth-order valence-electron chi connectivity index (χ4n) is 3.33. The summed E-state index contributed by atoms with van der Waals surface area (Å²) < 4.78 is 10.2. The summed E-state index contributed by atoms with van der Waals surface area (Å²) in [5.74, 6) is -1.41. The molecule has 29 heavy (non-hydrogen) atoms. The smallest absolute Gasteiger partial charge is 0.295 e. The number of phenolic OH excluding ortho intramolecular Hbond substituents is 1. The van der Waals surface area contributed by atoms with Gasteiger partial charge in [-0.15, -0.1) is 0 Å². The fraction of sp³-hybridized carbons (Fsp3) is 0.238. The van der Waals surface area contributed by atoms with E-state index in [0.717, 1.165) is 0 Å². The zero-order valence-electron chi connectivity index (χ0n) is 16.0. The average molecular weight is 399 g/mol. The van der Waals surface area contributed by atoms with Crippen LogP contribution < -0.4 is 9.47 Å². The lowest BCUT2D eigenvalue weighted by molar-refractivity contribution is -0.140. The number of amides is 1. The second kappa shape index (κ2) is 8.24. The number of benzene rings is 2. The Morgan fingerprint density at radius 2 is 1.76 bits per heavy atom.